The number of carbonyl (C=O) groups excluding carboxylic acids is 1. The van der Waals surface area contributed by atoms with Gasteiger partial charge in [0.25, 0.3) is 0 Å². The zero-order valence-electron chi connectivity index (χ0n) is 23.4. The van der Waals surface area contributed by atoms with Gasteiger partial charge in [-0.25, -0.2) is 4.98 Å². The van der Waals surface area contributed by atoms with E-state index >= 15 is 0 Å². The summed E-state index contributed by atoms with van der Waals surface area (Å²) in [5, 5.41) is 8.02. The largest absolute Gasteiger partial charge is 0.496 e. The van der Waals surface area contributed by atoms with Gasteiger partial charge < -0.3 is 30.1 Å². The number of piperidine rings is 1. The van der Waals surface area contributed by atoms with Gasteiger partial charge in [0, 0.05) is 62.8 Å². The lowest BCUT2D eigenvalue weighted by molar-refractivity contribution is -0.127. The SMILES string of the molecule is COc1cccc(N(C)C)c1CN(c1nc(NCCCN2CCCC2=O)nc2ccccc12)C1CCNCC1. The highest BCUT2D eigenvalue weighted by molar-refractivity contribution is 5.90. The van der Waals surface area contributed by atoms with E-state index in [1.165, 1.54) is 0 Å². The Morgan fingerprint density at radius 1 is 1.10 bits per heavy atom. The van der Waals surface area contributed by atoms with E-state index in [9.17, 15) is 4.79 Å². The van der Waals surface area contributed by atoms with E-state index in [1.54, 1.807) is 7.11 Å². The molecule has 1 amide bonds. The summed E-state index contributed by atoms with van der Waals surface area (Å²) in [5.41, 5.74) is 3.21. The predicted molar refractivity (Wildman–Crippen MR) is 158 cm³/mol. The second-order valence-corrected chi connectivity index (χ2v) is 10.6. The maximum atomic E-state index is 12.0. The third-order valence-corrected chi connectivity index (χ3v) is 7.80. The number of amides is 1. The molecule has 39 heavy (non-hydrogen) atoms. The molecule has 0 atom stereocenters. The molecule has 2 N–H and O–H groups in total. The smallest absolute Gasteiger partial charge is 0.225 e. The summed E-state index contributed by atoms with van der Waals surface area (Å²) < 4.78 is 5.85. The van der Waals surface area contributed by atoms with Crippen molar-refractivity contribution in [3.8, 4) is 5.75 Å². The summed E-state index contributed by atoms with van der Waals surface area (Å²) in [5.74, 6) is 2.72. The summed E-state index contributed by atoms with van der Waals surface area (Å²) in [6, 6.07) is 14.8. The molecular weight excluding hydrogens is 490 g/mol. The quantitative estimate of drug-likeness (QED) is 0.361. The average Bonchev–Trinajstić information content (AvgIpc) is 3.38. The van der Waals surface area contributed by atoms with E-state index in [4.69, 9.17) is 14.7 Å². The minimum Gasteiger partial charge on any atom is -0.496 e. The number of hydrogen-bond donors (Lipinski definition) is 2. The number of likely N-dealkylation sites (tertiary alicyclic amines) is 1. The van der Waals surface area contributed by atoms with Gasteiger partial charge in [-0.2, -0.15) is 4.98 Å². The van der Waals surface area contributed by atoms with Crippen LogP contribution in [-0.4, -0.2) is 80.7 Å². The standard InChI is InChI=1S/C30H41N7O2/c1-35(2)26-11-6-12-27(39-3)24(26)21-37(22-14-17-31-18-15-22)29-23-9-4-5-10-25(23)33-30(34-29)32-16-8-20-36-19-7-13-28(36)38/h4-6,9-12,22,31H,7-8,13-21H2,1-3H3,(H,32,33,34). The zero-order valence-corrected chi connectivity index (χ0v) is 23.4. The van der Waals surface area contributed by atoms with Crippen molar-refractivity contribution in [3.63, 3.8) is 0 Å². The first-order valence-corrected chi connectivity index (χ1v) is 14.1. The fourth-order valence-electron chi connectivity index (χ4n) is 5.76. The van der Waals surface area contributed by atoms with Gasteiger partial charge in [-0.3, -0.25) is 4.79 Å². The van der Waals surface area contributed by atoms with Crippen LogP contribution in [0.4, 0.5) is 17.5 Å². The Bertz CT molecular complexity index is 1280. The number of para-hydroxylation sites is 1. The van der Waals surface area contributed by atoms with Gasteiger partial charge in [0.1, 0.15) is 11.6 Å². The van der Waals surface area contributed by atoms with Crippen LogP contribution in [0, 0.1) is 0 Å². The Kier molecular flexibility index (Phi) is 8.66. The van der Waals surface area contributed by atoms with E-state index in [2.05, 4.69) is 58.8 Å². The molecule has 3 heterocycles. The lowest BCUT2D eigenvalue weighted by atomic mass is 10.0. The van der Waals surface area contributed by atoms with Gasteiger partial charge in [0.2, 0.25) is 11.9 Å². The van der Waals surface area contributed by atoms with E-state index < -0.39 is 0 Å². The monoisotopic (exact) mass is 531 g/mol. The van der Waals surface area contributed by atoms with Gasteiger partial charge in [-0.05, 0) is 63.0 Å². The normalized spacial score (nSPS) is 16.1. The Hall–Kier alpha value is -3.59. The summed E-state index contributed by atoms with van der Waals surface area (Å²) >= 11 is 0. The van der Waals surface area contributed by atoms with Crippen molar-refractivity contribution in [2.45, 2.75) is 44.7 Å². The number of hydrogen-bond acceptors (Lipinski definition) is 8. The fourth-order valence-corrected chi connectivity index (χ4v) is 5.76. The van der Waals surface area contributed by atoms with Crippen LogP contribution in [-0.2, 0) is 11.3 Å². The number of fused-ring (bicyclic) bond motifs is 1. The van der Waals surface area contributed by atoms with E-state index in [0.717, 1.165) is 85.6 Å². The molecule has 2 aliphatic rings. The highest BCUT2D eigenvalue weighted by atomic mass is 16.5. The first-order chi connectivity index (χ1) is 19.0. The second-order valence-electron chi connectivity index (χ2n) is 10.6. The summed E-state index contributed by atoms with van der Waals surface area (Å²) in [4.78, 5) is 28.5. The maximum Gasteiger partial charge on any atom is 0.225 e. The molecule has 3 aromatic rings. The molecule has 2 saturated heterocycles. The number of nitrogens with one attached hydrogen (secondary N) is 2. The van der Waals surface area contributed by atoms with Gasteiger partial charge in [-0.15, -0.1) is 0 Å². The van der Waals surface area contributed by atoms with Gasteiger partial charge in [-0.1, -0.05) is 18.2 Å². The molecule has 0 aliphatic carbocycles. The third-order valence-electron chi connectivity index (χ3n) is 7.80. The molecule has 0 radical (unpaired) electrons. The predicted octanol–water partition coefficient (Wildman–Crippen LogP) is 3.89. The molecule has 2 aromatic carbocycles. The topological polar surface area (TPSA) is 85.9 Å². The van der Waals surface area contributed by atoms with Gasteiger partial charge in [0.15, 0.2) is 0 Å². The van der Waals surface area contributed by atoms with Crippen molar-refractivity contribution in [2.24, 2.45) is 0 Å². The number of nitrogens with zero attached hydrogens (tertiary/aromatic N) is 5. The minimum atomic E-state index is 0.269. The van der Waals surface area contributed by atoms with Crippen LogP contribution in [0.15, 0.2) is 42.5 Å². The number of benzene rings is 2. The molecule has 0 spiro atoms. The van der Waals surface area contributed by atoms with Gasteiger partial charge in [0.05, 0.1) is 19.2 Å². The number of aromatic nitrogens is 2. The number of anilines is 3. The highest BCUT2D eigenvalue weighted by Gasteiger charge is 2.27. The molecule has 2 fully saturated rings. The first-order valence-electron chi connectivity index (χ1n) is 14.1. The molecule has 208 valence electrons. The molecule has 1 aromatic heterocycles. The van der Waals surface area contributed by atoms with Crippen molar-refractivity contribution >= 4 is 34.3 Å². The zero-order chi connectivity index (χ0) is 27.2. The van der Waals surface area contributed by atoms with Crippen LogP contribution < -0.4 is 25.2 Å². The van der Waals surface area contributed by atoms with Crippen LogP contribution in [0.3, 0.4) is 0 Å². The third kappa shape index (κ3) is 6.19. The molecule has 2 aliphatic heterocycles. The number of rotatable bonds is 11. The summed E-state index contributed by atoms with van der Waals surface area (Å²) in [6.45, 7) is 5.01. The number of ether oxygens (including phenoxy) is 1. The van der Waals surface area contributed by atoms with Crippen molar-refractivity contribution in [1.29, 1.82) is 0 Å². The maximum absolute atomic E-state index is 12.0. The first kappa shape index (κ1) is 27.0. The summed E-state index contributed by atoms with van der Waals surface area (Å²) in [7, 11) is 5.89. The van der Waals surface area contributed by atoms with Crippen LogP contribution in [0.1, 0.15) is 37.7 Å². The van der Waals surface area contributed by atoms with Crippen molar-refractivity contribution in [2.75, 3.05) is 69.0 Å². The fraction of sp³-hybridized carbons (Fsp3) is 0.500. The van der Waals surface area contributed by atoms with Crippen molar-refractivity contribution in [1.82, 2.24) is 20.2 Å². The second kappa shape index (κ2) is 12.5. The molecule has 5 rings (SSSR count). The average molecular weight is 532 g/mol. The Balaban J connectivity index is 1.48. The van der Waals surface area contributed by atoms with E-state index in [-0.39, 0.29) is 5.91 Å². The van der Waals surface area contributed by atoms with Crippen molar-refractivity contribution in [3.05, 3.63) is 48.0 Å². The van der Waals surface area contributed by atoms with Crippen LogP contribution in [0.5, 0.6) is 5.75 Å². The number of carbonyl (C=O) groups is 1. The lowest BCUT2D eigenvalue weighted by Crippen LogP contribution is -2.43. The Labute approximate surface area is 231 Å². The van der Waals surface area contributed by atoms with E-state index in [1.807, 2.05) is 23.1 Å². The molecular formula is C30H41N7O2. The Morgan fingerprint density at radius 3 is 2.67 bits per heavy atom. The van der Waals surface area contributed by atoms with Crippen LogP contribution in [0.25, 0.3) is 10.9 Å². The Morgan fingerprint density at radius 2 is 1.92 bits per heavy atom. The molecule has 0 bridgehead atoms. The van der Waals surface area contributed by atoms with Crippen LogP contribution in [0.2, 0.25) is 0 Å². The highest BCUT2D eigenvalue weighted by Crippen LogP contribution is 2.35. The van der Waals surface area contributed by atoms with E-state index in [0.29, 0.717) is 31.5 Å². The lowest BCUT2D eigenvalue weighted by Gasteiger charge is -2.37. The molecule has 0 unspecified atom stereocenters. The molecule has 0 saturated carbocycles. The van der Waals surface area contributed by atoms with Crippen molar-refractivity contribution < 1.29 is 9.53 Å². The number of methoxy groups -OCH3 is 1. The summed E-state index contributed by atoms with van der Waals surface area (Å²) in [6.07, 6.45) is 4.59. The molecule has 9 heteroatoms. The van der Waals surface area contributed by atoms with Crippen LogP contribution >= 0.6 is 0 Å². The van der Waals surface area contributed by atoms with Gasteiger partial charge >= 0.3 is 0 Å². The minimum absolute atomic E-state index is 0.269. The molecule has 9 nitrogen and oxygen atoms in total.